The lowest BCUT2D eigenvalue weighted by atomic mass is 10.1. The normalized spacial score (nSPS) is 11.1. The predicted molar refractivity (Wildman–Crippen MR) is 91.7 cm³/mol. The number of unbranched alkanes of at least 4 members (excludes halogenated alkanes) is 1. The van der Waals surface area contributed by atoms with Crippen molar-refractivity contribution < 1.29 is 4.79 Å². The fraction of sp³-hybridized carbons (Fsp3) is 0.375. The molecular weight excluding hydrogens is 310 g/mol. The summed E-state index contributed by atoms with van der Waals surface area (Å²) in [7, 11) is 0. The lowest BCUT2D eigenvalue weighted by Gasteiger charge is -2.09. The second-order valence-corrected chi connectivity index (χ2v) is 6.49. The number of carbonyl (C=O) groups excluding carboxylic acids is 1. The van der Waals surface area contributed by atoms with Gasteiger partial charge >= 0.3 is 0 Å². The van der Waals surface area contributed by atoms with Gasteiger partial charge in [-0.3, -0.25) is 4.79 Å². The Bertz CT molecular complexity index is 851. The number of fused-ring (bicyclic) bond motifs is 1. The molecule has 1 amide bonds. The van der Waals surface area contributed by atoms with Gasteiger partial charge in [0.2, 0.25) is 10.9 Å². The van der Waals surface area contributed by atoms with Crippen LogP contribution in [0.2, 0.25) is 0 Å². The highest BCUT2D eigenvalue weighted by molar-refractivity contribution is 7.19. The van der Waals surface area contributed by atoms with Gasteiger partial charge in [-0.1, -0.05) is 24.7 Å². The van der Waals surface area contributed by atoms with E-state index < -0.39 is 0 Å². The van der Waals surface area contributed by atoms with Crippen LogP contribution >= 0.6 is 11.3 Å². The quantitative estimate of drug-likeness (QED) is 0.776. The molecule has 0 radical (unpaired) electrons. The first-order chi connectivity index (χ1) is 11.1. The van der Waals surface area contributed by atoms with Gasteiger partial charge in [-0.2, -0.15) is 9.61 Å². The number of hydrogen-bond acceptors (Lipinski definition) is 5. The van der Waals surface area contributed by atoms with Crippen LogP contribution in [0.5, 0.6) is 0 Å². The Hall–Kier alpha value is -2.28. The van der Waals surface area contributed by atoms with E-state index in [0.29, 0.717) is 6.42 Å². The summed E-state index contributed by atoms with van der Waals surface area (Å²) in [5.74, 6) is 0.844. The third-order valence-corrected chi connectivity index (χ3v) is 4.60. The molecule has 7 heteroatoms. The molecule has 0 fully saturated rings. The molecule has 0 aliphatic carbocycles. The minimum atomic E-state index is 0.0668. The minimum Gasteiger partial charge on any atom is -0.326 e. The van der Waals surface area contributed by atoms with Crippen LogP contribution in [0.1, 0.15) is 37.6 Å². The molecule has 0 atom stereocenters. The van der Waals surface area contributed by atoms with Gasteiger partial charge in [0.05, 0.1) is 0 Å². The van der Waals surface area contributed by atoms with E-state index in [0.717, 1.165) is 45.4 Å². The minimum absolute atomic E-state index is 0.0668. The van der Waals surface area contributed by atoms with Crippen LogP contribution in [-0.2, 0) is 4.79 Å². The Morgan fingerprint density at radius 3 is 2.83 bits per heavy atom. The van der Waals surface area contributed by atoms with Crippen LogP contribution in [0.4, 0.5) is 5.69 Å². The SMILES string of the molecule is CCCCC(=O)Nc1ccc(-c2nn3c(C)nnc3s2)cc1C. The molecule has 3 rings (SSSR count). The highest BCUT2D eigenvalue weighted by atomic mass is 32.1. The Morgan fingerprint density at radius 2 is 2.13 bits per heavy atom. The zero-order valence-corrected chi connectivity index (χ0v) is 14.3. The molecule has 120 valence electrons. The fourth-order valence-electron chi connectivity index (χ4n) is 2.32. The van der Waals surface area contributed by atoms with Gasteiger partial charge in [0.25, 0.3) is 0 Å². The summed E-state index contributed by atoms with van der Waals surface area (Å²) < 4.78 is 1.75. The molecule has 1 aromatic carbocycles. The van der Waals surface area contributed by atoms with E-state index >= 15 is 0 Å². The topological polar surface area (TPSA) is 72.2 Å². The number of anilines is 1. The average molecular weight is 329 g/mol. The molecule has 0 saturated carbocycles. The molecule has 2 aromatic heterocycles. The molecule has 3 aromatic rings. The van der Waals surface area contributed by atoms with Crippen LogP contribution in [0.3, 0.4) is 0 Å². The number of carbonyl (C=O) groups is 1. The molecule has 1 N–H and O–H groups in total. The summed E-state index contributed by atoms with van der Waals surface area (Å²) in [6.45, 7) is 5.95. The largest absolute Gasteiger partial charge is 0.326 e. The fourth-order valence-corrected chi connectivity index (χ4v) is 3.20. The first-order valence-electron chi connectivity index (χ1n) is 7.68. The van der Waals surface area contributed by atoms with Gasteiger partial charge in [-0.15, -0.1) is 10.2 Å². The Labute approximate surface area is 138 Å². The molecule has 0 unspecified atom stereocenters. The number of hydrogen-bond donors (Lipinski definition) is 1. The summed E-state index contributed by atoms with van der Waals surface area (Å²) in [6, 6.07) is 5.95. The number of aromatic nitrogens is 4. The van der Waals surface area contributed by atoms with Crippen molar-refractivity contribution in [3.05, 3.63) is 29.6 Å². The third-order valence-electron chi connectivity index (χ3n) is 3.65. The van der Waals surface area contributed by atoms with E-state index in [2.05, 4.69) is 27.5 Å². The Morgan fingerprint density at radius 1 is 1.30 bits per heavy atom. The smallest absolute Gasteiger partial charge is 0.234 e. The van der Waals surface area contributed by atoms with Crippen molar-refractivity contribution in [2.45, 2.75) is 40.0 Å². The van der Waals surface area contributed by atoms with Crippen molar-refractivity contribution >= 4 is 27.9 Å². The molecule has 0 bridgehead atoms. The maximum absolute atomic E-state index is 11.9. The average Bonchev–Trinajstić information content (AvgIpc) is 3.10. The highest BCUT2D eigenvalue weighted by Crippen LogP contribution is 2.28. The maximum atomic E-state index is 11.9. The lowest BCUT2D eigenvalue weighted by Crippen LogP contribution is -2.11. The number of benzene rings is 1. The molecule has 0 aliphatic heterocycles. The van der Waals surface area contributed by atoms with Crippen LogP contribution in [0.15, 0.2) is 18.2 Å². The van der Waals surface area contributed by atoms with Gasteiger partial charge in [-0.05, 0) is 44.0 Å². The second-order valence-electron chi connectivity index (χ2n) is 5.53. The second kappa shape index (κ2) is 6.45. The Balaban J connectivity index is 1.82. The van der Waals surface area contributed by atoms with E-state index in [-0.39, 0.29) is 5.91 Å². The van der Waals surface area contributed by atoms with E-state index in [1.807, 2.05) is 32.0 Å². The third kappa shape index (κ3) is 3.24. The summed E-state index contributed by atoms with van der Waals surface area (Å²) in [4.78, 5) is 12.6. The number of amides is 1. The van der Waals surface area contributed by atoms with E-state index in [4.69, 9.17) is 0 Å². The number of rotatable bonds is 5. The molecule has 2 heterocycles. The van der Waals surface area contributed by atoms with Crippen LogP contribution < -0.4 is 5.32 Å². The van der Waals surface area contributed by atoms with E-state index in [1.165, 1.54) is 11.3 Å². The van der Waals surface area contributed by atoms with Crippen LogP contribution in [-0.4, -0.2) is 25.7 Å². The van der Waals surface area contributed by atoms with Crippen LogP contribution in [0.25, 0.3) is 15.5 Å². The Kier molecular flexibility index (Phi) is 4.38. The van der Waals surface area contributed by atoms with Crippen molar-refractivity contribution in [1.82, 2.24) is 19.8 Å². The summed E-state index contributed by atoms with van der Waals surface area (Å²) >= 11 is 1.50. The molecule has 0 spiro atoms. The van der Waals surface area contributed by atoms with Gasteiger partial charge in [0, 0.05) is 17.7 Å². The lowest BCUT2D eigenvalue weighted by molar-refractivity contribution is -0.116. The number of aryl methyl sites for hydroxylation is 2. The monoisotopic (exact) mass is 329 g/mol. The zero-order chi connectivity index (χ0) is 16.4. The molecule has 0 saturated heterocycles. The summed E-state index contributed by atoms with van der Waals surface area (Å²) in [6.07, 6.45) is 2.49. The summed E-state index contributed by atoms with van der Waals surface area (Å²) in [5, 5.41) is 16.5. The zero-order valence-electron chi connectivity index (χ0n) is 13.5. The van der Waals surface area contributed by atoms with Crippen molar-refractivity contribution in [3.63, 3.8) is 0 Å². The van der Waals surface area contributed by atoms with Gasteiger partial charge in [0.1, 0.15) is 5.01 Å². The van der Waals surface area contributed by atoms with Crippen molar-refractivity contribution in [2.75, 3.05) is 5.32 Å². The first-order valence-corrected chi connectivity index (χ1v) is 8.50. The van der Waals surface area contributed by atoms with E-state index in [1.54, 1.807) is 4.52 Å². The molecule has 6 nitrogen and oxygen atoms in total. The highest BCUT2D eigenvalue weighted by Gasteiger charge is 2.12. The van der Waals surface area contributed by atoms with Crippen molar-refractivity contribution in [2.24, 2.45) is 0 Å². The number of nitrogens with zero attached hydrogens (tertiary/aromatic N) is 4. The number of nitrogens with one attached hydrogen (secondary N) is 1. The molecule has 0 aliphatic rings. The standard InChI is InChI=1S/C16H19N5OS/c1-4-5-6-14(22)17-13-8-7-12(9-10(13)2)15-20-21-11(3)18-19-16(21)23-15/h7-9H,4-6H2,1-3H3,(H,17,22). The van der Waals surface area contributed by atoms with Crippen LogP contribution in [0, 0.1) is 13.8 Å². The maximum Gasteiger partial charge on any atom is 0.234 e. The molecule has 23 heavy (non-hydrogen) atoms. The van der Waals surface area contributed by atoms with E-state index in [9.17, 15) is 4.79 Å². The summed E-state index contributed by atoms with van der Waals surface area (Å²) in [5.41, 5.74) is 2.90. The molecular formula is C16H19N5OS. The van der Waals surface area contributed by atoms with Gasteiger partial charge in [0.15, 0.2) is 5.82 Å². The van der Waals surface area contributed by atoms with Crippen molar-refractivity contribution in [3.8, 4) is 10.6 Å². The predicted octanol–water partition coefficient (Wildman–Crippen LogP) is 3.60. The van der Waals surface area contributed by atoms with Gasteiger partial charge < -0.3 is 5.32 Å². The van der Waals surface area contributed by atoms with Gasteiger partial charge in [-0.25, -0.2) is 0 Å². The van der Waals surface area contributed by atoms with Crippen molar-refractivity contribution in [1.29, 1.82) is 0 Å². The first kappa shape index (κ1) is 15.6.